The Kier molecular flexibility index (Phi) is 4.78. The summed E-state index contributed by atoms with van der Waals surface area (Å²) in [4.78, 5) is 5.91. The zero-order valence-electron chi connectivity index (χ0n) is 14.5. The van der Waals surface area contributed by atoms with Gasteiger partial charge in [0.15, 0.2) is 5.75 Å². The molecule has 1 aliphatic carbocycles. The number of benzene rings is 1. The minimum Gasteiger partial charge on any atom is -0.508 e. The zero-order chi connectivity index (χ0) is 18.1. The third-order valence-corrected chi connectivity index (χ3v) is 5.51. The minimum absolute atomic E-state index is 0.0351. The number of likely N-dealkylation sites (tertiary alicyclic amines) is 1. The predicted octanol–water partition coefficient (Wildman–Crippen LogP) is 2.75. The number of nitrogens with zero attached hydrogens (tertiary/aromatic N) is 2. The minimum atomic E-state index is -0.564. The molecule has 2 aliphatic rings. The number of rotatable bonds is 5. The van der Waals surface area contributed by atoms with Crippen molar-refractivity contribution in [2.75, 3.05) is 19.6 Å². The molecule has 1 aliphatic heterocycles. The molecule has 0 spiro atoms. The average Bonchev–Trinajstić information content (AvgIpc) is 3.15. The van der Waals surface area contributed by atoms with Gasteiger partial charge in [0.2, 0.25) is 0 Å². The molecule has 138 valence electrons. The topological polar surface area (TPSA) is 65.8 Å². The van der Waals surface area contributed by atoms with Gasteiger partial charge in [-0.1, -0.05) is 12.1 Å². The lowest BCUT2D eigenvalue weighted by Crippen LogP contribution is -2.29. The highest BCUT2D eigenvalue weighted by atomic mass is 19.1. The number of aromatic nitrogens is 1. The molecule has 2 N–H and O–H groups in total. The fraction of sp³-hybridized carbons (Fsp3) is 0.450. The van der Waals surface area contributed by atoms with Crippen LogP contribution in [0.2, 0.25) is 0 Å². The number of pyridine rings is 1. The van der Waals surface area contributed by atoms with E-state index in [0.29, 0.717) is 18.4 Å². The summed E-state index contributed by atoms with van der Waals surface area (Å²) in [6.07, 6.45) is 2.71. The third-order valence-electron chi connectivity index (χ3n) is 5.51. The van der Waals surface area contributed by atoms with Crippen molar-refractivity contribution in [2.24, 2.45) is 11.8 Å². The van der Waals surface area contributed by atoms with E-state index in [1.807, 2.05) is 0 Å². The Balaban J connectivity index is 1.29. The standard InChI is InChI=1S/C20H23FN2O3/c21-20-19(2-1-7-22-20)26-17-8-14-10-23(11-15(14)9-17)12-18(25)13-3-5-16(24)6-4-13/h1-7,14-15,17-18,24-25H,8-12H2/t14-,15+,17-,18?. The summed E-state index contributed by atoms with van der Waals surface area (Å²) >= 11 is 0. The molecule has 1 aromatic heterocycles. The van der Waals surface area contributed by atoms with Crippen LogP contribution in [0.25, 0.3) is 0 Å². The molecule has 26 heavy (non-hydrogen) atoms. The van der Waals surface area contributed by atoms with Crippen LogP contribution in [0, 0.1) is 17.8 Å². The summed E-state index contributed by atoms with van der Waals surface area (Å²) in [5.41, 5.74) is 0.813. The highest BCUT2D eigenvalue weighted by Gasteiger charge is 2.42. The second kappa shape index (κ2) is 7.21. The van der Waals surface area contributed by atoms with Crippen LogP contribution in [0.1, 0.15) is 24.5 Å². The molecule has 5 nitrogen and oxygen atoms in total. The van der Waals surface area contributed by atoms with Crippen LogP contribution < -0.4 is 4.74 Å². The van der Waals surface area contributed by atoms with Crippen LogP contribution in [0.5, 0.6) is 11.5 Å². The van der Waals surface area contributed by atoms with E-state index in [9.17, 15) is 14.6 Å². The molecule has 0 radical (unpaired) electrons. The first kappa shape index (κ1) is 17.2. The van der Waals surface area contributed by atoms with Crippen molar-refractivity contribution >= 4 is 0 Å². The Morgan fingerprint density at radius 1 is 1.15 bits per heavy atom. The van der Waals surface area contributed by atoms with Crippen LogP contribution in [0.4, 0.5) is 4.39 Å². The van der Waals surface area contributed by atoms with E-state index in [0.717, 1.165) is 31.5 Å². The number of aromatic hydroxyl groups is 1. The van der Waals surface area contributed by atoms with Crippen molar-refractivity contribution in [3.8, 4) is 11.5 Å². The summed E-state index contributed by atoms with van der Waals surface area (Å²) in [6.45, 7) is 2.44. The van der Waals surface area contributed by atoms with Crippen LogP contribution in [0.15, 0.2) is 42.6 Å². The first-order valence-corrected chi connectivity index (χ1v) is 9.05. The number of halogens is 1. The molecule has 2 heterocycles. The van der Waals surface area contributed by atoms with Gasteiger partial charge in [-0.05, 0) is 54.5 Å². The highest BCUT2D eigenvalue weighted by Crippen LogP contribution is 2.40. The molecule has 4 atom stereocenters. The fourth-order valence-corrected chi connectivity index (χ4v) is 4.27. The zero-order valence-corrected chi connectivity index (χ0v) is 14.5. The maximum absolute atomic E-state index is 13.6. The molecule has 1 saturated carbocycles. The fourth-order valence-electron chi connectivity index (χ4n) is 4.27. The lowest BCUT2D eigenvalue weighted by atomic mass is 10.0. The van der Waals surface area contributed by atoms with E-state index in [2.05, 4.69) is 9.88 Å². The lowest BCUT2D eigenvalue weighted by Gasteiger charge is -2.22. The van der Waals surface area contributed by atoms with Crippen molar-refractivity contribution < 1.29 is 19.3 Å². The van der Waals surface area contributed by atoms with Gasteiger partial charge in [0.25, 0.3) is 5.95 Å². The van der Waals surface area contributed by atoms with E-state index >= 15 is 0 Å². The van der Waals surface area contributed by atoms with Gasteiger partial charge in [0.05, 0.1) is 12.2 Å². The predicted molar refractivity (Wildman–Crippen MR) is 94.3 cm³/mol. The number of phenols is 1. The summed E-state index contributed by atoms with van der Waals surface area (Å²) < 4.78 is 19.4. The largest absolute Gasteiger partial charge is 0.508 e. The molecule has 1 aromatic carbocycles. The average molecular weight is 358 g/mol. The Hall–Kier alpha value is -2.18. The van der Waals surface area contributed by atoms with Crippen LogP contribution >= 0.6 is 0 Å². The monoisotopic (exact) mass is 358 g/mol. The number of hydrogen-bond donors (Lipinski definition) is 2. The van der Waals surface area contributed by atoms with Crippen molar-refractivity contribution in [3.05, 3.63) is 54.1 Å². The number of aliphatic hydroxyl groups is 1. The van der Waals surface area contributed by atoms with E-state index in [1.165, 1.54) is 6.20 Å². The maximum atomic E-state index is 13.6. The number of ether oxygens (including phenoxy) is 1. The van der Waals surface area contributed by atoms with Crippen LogP contribution in [-0.2, 0) is 0 Å². The highest BCUT2D eigenvalue weighted by molar-refractivity contribution is 5.27. The van der Waals surface area contributed by atoms with Crippen molar-refractivity contribution in [1.82, 2.24) is 9.88 Å². The van der Waals surface area contributed by atoms with E-state index < -0.39 is 12.1 Å². The lowest BCUT2D eigenvalue weighted by molar-refractivity contribution is 0.115. The summed E-state index contributed by atoms with van der Waals surface area (Å²) in [6, 6.07) is 10.00. The van der Waals surface area contributed by atoms with E-state index in [-0.39, 0.29) is 17.6 Å². The van der Waals surface area contributed by atoms with Gasteiger partial charge in [0.1, 0.15) is 5.75 Å². The molecule has 4 rings (SSSR count). The van der Waals surface area contributed by atoms with Crippen LogP contribution in [-0.4, -0.2) is 45.8 Å². The van der Waals surface area contributed by atoms with Gasteiger partial charge in [-0.2, -0.15) is 4.39 Å². The molecule has 6 heteroatoms. The Morgan fingerprint density at radius 3 is 2.50 bits per heavy atom. The first-order valence-electron chi connectivity index (χ1n) is 9.05. The quantitative estimate of drug-likeness (QED) is 0.805. The number of fused-ring (bicyclic) bond motifs is 1. The Labute approximate surface area is 152 Å². The molecule has 1 unspecified atom stereocenters. The van der Waals surface area contributed by atoms with Gasteiger partial charge in [-0.15, -0.1) is 0 Å². The summed E-state index contributed by atoms with van der Waals surface area (Å²) in [5, 5.41) is 19.8. The van der Waals surface area contributed by atoms with Gasteiger partial charge < -0.3 is 14.9 Å². The van der Waals surface area contributed by atoms with E-state index in [1.54, 1.807) is 36.4 Å². The van der Waals surface area contributed by atoms with Crippen molar-refractivity contribution in [2.45, 2.75) is 25.0 Å². The van der Waals surface area contributed by atoms with Crippen molar-refractivity contribution in [3.63, 3.8) is 0 Å². The Bertz CT molecular complexity index is 741. The molecule has 0 bridgehead atoms. The van der Waals surface area contributed by atoms with Gasteiger partial charge in [0, 0.05) is 25.8 Å². The van der Waals surface area contributed by atoms with Crippen LogP contribution in [0.3, 0.4) is 0 Å². The van der Waals surface area contributed by atoms with Crippen molar-refractivity contribution in [1.29, 1.82) is 0 Å². The number of β-amino-alcohol motifs (C(OH)–C–C–N with tert-alkyl or cyclic N) is 1. The third kappa shape index (κ3) is 3.66. The smallest absolute Gasteiger partial charge is 0.255 e. The number of aliphatic hydroxyl groups excluding tert-OH is 1. The molecule has 0 amide bonds. The molecule has 2 aromatic rings. The van der Waals surface area contributed by atoms with E-state index in [4.69, 9.17) is 4.74 Å². The second-order valence-corrected chi connectivity index (χ2v) is 7.35. The van der Waals surface area contributed by atoms with Gasteiger partial charge in [-0.25, -0.2) is 4.98 Å². The molecule has 2 fully saturated rings. The number of phenolic OH excluding ortho intramolecular Hbond substituents is 1. The maximum Gasteiger partial charge on any atom is 0.255 e. The molecular formula is C20H23FN2O3. The van der Waals surface area contributed by atoms with Gasteiger partial charge >= 0.3 is 0 Å². The Morgan fingerprint density at radius 2 is 1.85 bits per heavy atom. The normalized spacial score (nSPS) is 26.6. The van der Waals surface area contributed by atoms with Gasteiger partial charge in [-0.3, -0.25) is 4.90 Å². The summed E-state index contributed by atoms with van der Waals surface area (Å²) in [5.74, 6) is 0.923. The molecule has 1 saturated heterocycles. The first-order chi connectivity index (χ1) is 12.6. The SMILES string of the molecule is Oc1ccc(C(O)CN2C[C@H]3C[C@@H](Oc4cccnc4F)C[C@H]3C2)cc1. The number of hydrogen-bond acceptors (Lipinski definition) is 5. The second-order valence-electron chi connectivity index (χ2n) is 7.35. The molecular weight excluding hydrogens is 335 g/mol. The summed E-state index contributed by atoms with van der Waals surface area (Å²) in [7, 11) is 0.